The minimum Gasteiger partial charge on any atom is -0.497 e. The van der Waals surface area contributed by atoms with Gasteiger partial charge in [0.25, 0.3) is 0 Å². The van der Waals surface area contributed by atoms with Gasteiger partial charge >= 0.3 is 0 Å². The topological polar surface area (TPSA) is 55.4 Å². The summed E-state index contributed by atoms with van der Waals surface area (Å²) < 4.78 is 29.3. The SMILES string of the molecule is CNC(Cc1cc(OC)ccc1Br)C(C)(C)S(C)(=O)=O. The average molecular weight is 364 g/mol. The summed E-state index contributed by atoms with van der Waals surface area (Å²) in [6.07, 6.45) is 1.87. The van der Waals surface area contributed by atoms with Gasteiger partial charge in [-0.05, 0) is 51.1 Å². The molecule has 0 amide bonds. The van der Waals surface area contributed by atoms with Gasteiger partial charge in [-0.1, -0.05) is 15.9 Å². The quantitative estimate of drug-likeness (QED) is 0.842. The van der Waals surface area contributed by atoms with Gasteiger partial charge in [-0.2, -0.15) is 0 Å². The van der Waals surface area contributed by atoms with E-state index >= 15 is 0 Å². The molecule has 1 aromatic carbocycles. The van der Waals surface area contributed by atoms with Crippen molar-refractivity contribution in [3.63, 3.8) is 0 Å². The molecule has 0 aliphatic carbocycles. The number of ether oxygens (including phenoxy) is 1. The van der Waals surface area contributed by atoms with Crippen LogP contribution in [-0.2, 0) is 16.3 Å². The average Bonchev–Trinajstić information content (AvgIpc) is 2.36. The lowest BCUT2D eigenvalue weighted by molar-refractivity contribution is 0.411. The maximum Gasteiger partial charge on any atom is 0.154 e. The fourth-order valence-corrected chi connectivity index (χ4v) is 3.13. The Bertz CT molecular complexity index is 570. The summed E-state index contributed by atoms with van der Waals surface area (Å²) in [7, 11) is 0.226. The fourth-order valence-electron chi connectivity index (χ4n) is 2.01. The molecule has 0 aliphatic heterocycles. The number of hydrogen-bond donors (Lipinski definition) is 1. The summed E-state index contributed by atoms with van der Waals surface area (Å²) >= 11 is 3.50. The molecule has 0 radical (unpaired) electrons. The predicted octanol–water partition coefficient (Wildman–Crippen LogP) is 2.41. The monoisotopic (exact) mass is 363 g/mol. The molecule has 0 bridgehead atoms. The van der Waals surface area contributed by atoms with Crippen LogP contribution in [0.1, 0.15) is 19.4 Å². The summed E-state index contributed by atoms with van der Waals surface area (Å²) in [4.78, 5) is 0. The van der Waals surface area contributed by atoms with Crippen molar-refractivity contribution in [3.8, 4) is 5.75 Å². The normalized spacial score (nSPS) is 14.1. The van der Waals surface area contributed by atoms with E-state index < -0.39 is 14.6 Å². The molecule has 1 rings (SSSR count). The fraction of sp³-hybridized carbons (Fsp3) is 0.571. The van der Waals surface area contributed by atoms with Gasteiger partial charge in [0, 0.05) is 16.8 Å². The van der Waals surface area contributed by atoms with E-state index in [0.717, 1.165) is 15.8 Å². The highest BCUT2D eigenvalue weighted by Crippen LogP contribution is 2.28. The molecule has 4 nitrogen and oxygen atoms in total. The minimum atomic E-state index is -3.17. The third-order valence-corrected chi connectivity index (χ3v) is 6.79. The zero-order valence-corrected chi connectivity index (χ0v) is 14.9. The zero-order chi connectivity index (χ0) is 15.6. The lowest BCUT2D eigenvalue weighted by Gasteiger charge is -2.32. The molecule has 0 aliphatic rings. The molecule has 0 heterocycles. The highest BCUT2D eigenvalue weighted by Gasteiger charge is 2.38. The zero-order valence-electron chi connectivity index (χ0n) is 12.5. The van der Waals surface area contributed by atoms with Crippen molar-refractivity contribution >= 4 is 25.8 Å². The summed E-state index contributed by atoms with van der Waals surface area (Å²) in [5.41, 5.74) is 1.01. The van der Waals surface area contributed by atoms with E-state index in [2.05, 4.69) is 21.2 Å². The van der Waals surface area contributed by atoms with E-state index in [1.54, 1.807) is 28.0 Å². The smallest absolute Gasteiger partial charge is 0.154 e. The van der Waals surface area contributed by atoms with Crippen LogP contribution in [0.3, 0.4) is 0 Å². The van der Waals surface area contributed by atoms with E-state index in [0.29, 0.717) is 6.42 Å². The van der Waals surface area contributed by atoms with Gasteiger partial charge in [-0.25, -0.2) is 8.42 Å². The highest BCUT2D eigenvalue weighted by atomic mass is 79.9. The van der Waals surface area contributed by atoms with Crippen molar-refractivity contribution in [3.05, 3.63) is 28.2 Å². The van der Waals surface area contributed by atoms with Crippen LogP contribution in [0.15, 0.2) is 22.7 Å². The first-order valence-electron chi connectivity index (χ1n) is 6.32. The van der Waals surface area contributed by atoms with Crippen LogP contribution in [0.2, 0.25) is 0 Å². The van der Waals surface area contributed by atoms with Gasteiger partial charge < -0.3 is 10.1 Å². The lowest BCUT2D eigenvalue weighted by atomic mass is 9.95. The summed E-state index contributed by atoms with van der Waals surface area (Å²) in [6, 6.07) is 5.51. The van der Waals surface area contributed by atoms with Crippen molar-refractivity contribution in [2.24, 2.45) is 0 Å². The molecule has 1 atom stereocenters. The molecular weight excluding hydrogens is 342 g/mol. The highest BCUT2D eigenvalue weighted by molar-refractivity contribution is 9.10. The predicted molar refractivity (Wildman–Crippen MR) is 86.2 cm³/mol. The first kappa shape index (κ1) is 17.5. The van der Waals surface area contributed by atoms with E-state index in [4.69, 9.17) is 4.74 Å². The van der Waals surface area contributed by atoms with Crippen LogP contribution in [0.4, 0.5) is 0 Å². The summed E-state index contributed by atoms with van der Waals surface area (Å²) in [5, 5.41) is 3.12. The number of rotatable bonds is 6. The Kier molecular flexibility index (Phi) is 5.63. The number of sulfone groups is 1. The molecule has 6 heteroatoms. The van der Waals surface area contributed by atoms with Crippen molar-refractivity contribution in [2.75, 3.05) is 20.4 Å². The van der Waals surface area contributed by atoms with Gasteiger partial charge in [0.15, 0.2) is 9.84 Å². The summed E-state index contributed by atoms with van der Waals surface area (Å²) in [6.45, 7) is 3.50. The van der Waals surface area contributed by atoms with E-state index in [1.165, 1.54) is 6.26 Å². The molecule has 0 aromatic heterocycles. The summed E-state index contributed by atoms with van der Waals surface area (Å²) in [5.74, 6) is 0.759. The van der Waals surface area contributed by atoms with Crippen molar-refractivity contribution in [1.82, 2.24) is 5.32 Å². The molecule has 20 heavy (non-hydrogen) atoms. The molecule has 0 saturated carbocycles. The molecule has 0 saturated heterocycles. The Hall–Kier alpha value is -0.590. The van der Waals surface area contributed by atoms with Crippen LogP contribution in [-0.4, -0.2) is 39.6 Å². The molecular formula is C14H22BrNO3S. The standard InChI is InChI=1S/C14H22BrNO3S/c1-14(2,20(5,17)18)13(16-3)9-10-8-11(19-4)6-7-12(10)15/h6-8,13,16H,9H2,1-5H3. The third-order valence-electron chi connectivity index (χ3n) is 3.82. The second-order valence-corrected chi connectivity index (χ2v) is 8.83. The van der Waals surface area contributed by atoms with E-state index in [1.807, 2.05) is 18.2 Å². The van der Waals surface area contributed by atoms with Gasteiger partial charge in [-0.15, -0.1) is 0 Å². The first-order chi connectivity index (χ1) is 9.13. The van der Waals surface area contributed by atoms with Crippen LogP contribution < -0.4 is 10.1 Å². The van der Waals surface area contributed by atoms with Crippen molar-refractivity contribution < 1.29 is 13.2 Å². The Morgan fingerprint density at radius 2 is 2.00 bits per heavy atom. The van der Waals surface area contributed by atoms with E-state index in [-0.39, 0.29) is 6.04 Å². The van der Waals surface area contributed by atoms with Crippen molar-refractivity contribution in [2.45, 2.75) is 31.1 Å². The van der Waals surface area contributed by atoms with Gasteiger partial charge in [-0.3, -0.25) is 0 Å². The van der Waals surface area contributed by atoms with Crippen LogP contribution in [0, 0.1) is 0 Å². The molecule has 1 unspecified atom stereocenters. The van der Waals surface area contributed by atoms with Crippen LogP contribution >= 0.6 is 15.9 Å². The minimum absolute atomic E-state index is 0.194. The number of hydrogen-bond acceptors (Lipinski definition) is 4. The second-order valence-electron chi connectivity index (χ2n) is 5.38. The Balaban J connectivity index is 3.12. The number of methoxy groups -OCH3 is 1. The molecule has 1 N–H and O–H groups in total. The third kappa shape index (κ3) is 3.74. The van der Waals surface area contributed by atoms with Gasteiger partial charge in [0.1, 0.15) is 5.75 Å². The van der Waals surface area contributed by atoms with Crippen LogP contribution in [0.5, 0.6) is 5.75 Å². The number of nitrogens with one attached hydrogen (secondary N) is 1. The molecule has 114 valence electrons. The Morgan fingerprint density at radius 1 is 1.40 bits per heavy atom. The molecule has 0 spiro atoms. The number of halogens is 1. The first-order valence-corrected chi connectivity index (χ1v) is 9.01. The van der Waals surface area contributed by atoms with E-state index in [9.17, 15) is 8.42 Å². The largest absolute Gasteiger partial charge is 0.497 e. The Morgan fingerprint density at radius 3 is 2.45 bits per heavy atom. The molecule has 1 aromatic rings. The maximum atomic E-state index is 12.0. The second kappa shape index (κ2) is 6.45. The molecule has 0 fully saturated rings. The van der Waals surface area contributed by atoms with Crippen LogP contribution in [0.25, 0.3) is 0 Å². The number of benzene rings is 1. The maximum absolute atomic E-state index is 12.0. The van der Waals surface area contributed by atoms with Gasteiger partial charge in [0.05, 0.1) is 11.9 Å². The van der Waals surface area contributed by atoms with Gasteiger partial charge in [0.2, 0.25) is 0 Å². The lowest BCUT2D eigenvalue weighted by Crippen LogP contribution is -2.51. The Labute approximate surface area is 130 Å². The van der Waals surface area contributed by atoms with Crippen molar-refractivity contribution in [1.29, 1.82) is 0 Å². The number of likely N-dealkylation sites (N-methyl/N-ethyl adjacent to an activating group) is 1.